The zero-order valence-corrected chi connectivity index (χ0v) is 18.1. The average molecular weight is 442 g/mol. The van der Waals surface area contributed by atoms with E-state index in [-0.39, 0.29) is 5.56 Å². The minimum atomic E-state index is -0.459. The number of rotatable bonds is 7. The molecule has 0 bridgehead atoms. The lowest BCUT2D eigenvalue weighted by atomic mass is 10.1. The van der Waals surface area contributed by atoms with Crippen molar-refractivity contribution in [2.24, 2.45) is 0 Å². The number of aromatic amines is 1. The summed E-state index contributed by atoms with van der Waals surface area (Å²) in [4.78, 5) is 19.8. The van der Waals surface area contributed by atoms with Gasteiger partial charge < -0.3 is 14.5 Å². The summed E-state index contributed by atoms with van der Waals surface area (Å²) in [6, 6.07) is 26.3. The molecule has 0 atom stereocenters. The molecule has 1 aromatic heterocycles. The highest BCUT2D eigenvalue weighted by Crippen LogP contribution is 2.28. The largest absolute Gasteiger partial charge is 0.497 e. The van der Waals surface area contributed by atoms with E-state index in [1.54, 1.807) is 31.4 Å². The molecule has 0 aliphatic rings. The summed E-state index contributed by atoms with van der Waals surface area (Å²) in [5.74, 6) is 2.77. The third-order valence-electron chi connectivity index (χ3n) is 4.65. The van der Waals surface area contributed by atoms with Gasteiger partial charge in [-0.3, -0.25) is 4.79 Å². The maximum atomic E-state index is 12.5. The number of para-hydroxylation sites is 1. The Hall–Kier alpha value is -4.02. The third kappa shape index (κ3) is 4.99. The smallest absolute Gasteiger partial charge is 0.270 e. The molecule has 0 saturated heterocycles. The number of hydrogen-bond donors (Lipinski definition) is 1. The van der Waals surface area contributed by atoms with Crippen molar-refractivity contribution in [3.63, 3.8) is 0 Å². The SMILES string of the molecule is COc1ccc(CSc2nc(-c3ccc(Oc4ccccc4)cc3)c(C#N)c(=O)[nH]2)cc1. The van der Waals surface area contributed by atoms with Crippen LogP contribution in [0.4, 0.5) is 0 Å². The number of hydrogen-bond acceptors (Lipinski definition) is 6. The van der Waals surface area contributed by atoms with Gasteiger partial charge in [-0.25, -0.2) is 4.98 Å². The summed E-state index contributed by atoms with van der Waals surface area (Å²) in [5.41, 5.74) is 1.60. The van der Waals surface area contributed by atoms with Crippen molar-refractivity contribution in [3.05, 3.63) is 100 Å². The second kappa shape index (κ2) is 9.86. The Labute approximate surface area is 189 Å². The van der Waals surface area contributed by atoms with Crippen LogP contribution in [0.25, 0.3) is 11.3 Å². The molecule has 158 valence electrons. The summed E-state index contributed by atoms with van der Waals surface area (Å²) in [7, 11) is 1.62. The van der Waals surface area contributed by atoms with Crippen LogP contribution >= 0.6 is 11.8 Å². The van der Waals surface area contributed by atoms with E-state index in [4.69, 9.17) is 9.47 Å². The van der Waals surface area contributed by atoms with Crippen molar-refractivity contribution < 1.29 is 9.47 Å². The molecule has 4 aromatic rings. The van der Waals surface area contributed by atoms with E-state index in [1.807, 2.05) is 60.7 Å². The summed E-state index contributed by atoms with van der Waals surface area (Å²) < 4.78 is 11.0. The van der Waals surface area contributed by atoms with E-state index < -0.39 is 5.56 Å². The van der Waals surface area contributed by atoms with Crippen molar-refractivity contribution in [2.45, 2.75) is 10.9 Å². The van der Waals surface area contributed by atoms with Crippen LogP contribution in [0.1, 0.15) is 11.1 Å². The number of nitrogens with zero attached hydrogens (tertiary/aromatic N) is 2. The minimum Gasteiger partial charge on any atom is -0.497 e. The fraction of sp³-hybridized carbons (Fsp3) is 0.0800. The number of nitrogens with one attached hydrogen (secondary N) is 1. The molecule has 4 rings (SSSR count). The zero-order valence-electron chi connectivity index (χ0n) is 17.2. The summed E-state index contributed by atoms with van der Waals surface area (Å²) in [5, 5.41) is 9.95. The average Bonchev–Trinajstić information content (AvgIpc) is 2.84. The van der Waals surface area contributed by atoms with Gasteiger partial charge in [0, 0.05) is 11.3 Å². The van der Waals surface area contributed by atoms with Gasteiger partial charge >= 0.3 is 0 Å². The highest BCUT2D eigenvalue weighted by atomic mass is 32.2. The van der Waals surface area contributed by atoms with E-state index in [9.17, 15) is 10.1 Å². The number of aromatic nitrogens is 2. The van der Waals surface area contributed by atoms with E-state index >= 15 is 0 Å². The molecule has 0 amide bonds. The molecule has 3 aromatic carbocycles. The molecular weight excluding hydrogens is 422 g/mol. The van der Waals surface area contributed by atoms with Gasteiger partial charge in [-0.1, -0.05) is 42.1 Å². The van der Waals surface area contributed by atoms with E-state index in [2.05, 4.69) is 9.97 Å². The van der Waals surface area contributed by atoms with Crippen LogP contribution in [-0.2, 0) is 5.75 Å². The maximum absolute atomic E-state index is 12.5. The van der Waals surface area contributed by atoms with Crippen molar-refractivity contribution in [3.8, 4) is 34.6 Å². The highest BCUT2D eigenvalue weighted by Gasteiger charge is 2.14. The van der Waals surface area contributed by atoms with Gasteiger partial charge in [-0.15, -0.1) is 0 Å². The number of methoxy groups -OCH3 is 1. The Morgan fingerprint density at radius 3 is 2.25 bits per heavy atom. The molecule has 0 unspecified atom stereocenters. The Balaban J connectivity index is 1.56. The molecule has 6 nitrogen and oxygen atoms in total. The topological polar surface area (TPSA) is 88.0 Å². The molecule has 32 heavy (non-hydrogen) atoms. The van der Waals surface area contributed by atoms with E-state index in [1.165, 1.54) is 11.8 Å². The molecule has 0 saturated carbocycles. The number of H-pyrrole nitrogens is 1. The first-order valence-corrected chi connectivity index (χ1v) is 10.8. The molecule has 0 fully saturated rings. The Morgan fingerprint density at radius 1 is 0.938 bits per heavy atom. The summed E-state index contributed by atoms with van der Waals surface area (Å²) in [6.45, 7) is 0. The van der Waals surface area contributed by atoms with Gasteiger partial charge in [0.2, 0.25) is 0 Å². The molecule has 1 heterocycles. The van der Waals surface area contributed by atoms with Crippen molar-refractivity contribution in [1.82, 2.24) is 9.97 Å². The minimum absolute atomic E-state index is 0.0180. The number of thioether (sulfide) groups is 1. The normalized spacial score (nSPS) is 10.4. The van der Waals surface area contributed by atoms with E-state index in [0.717, 1.165) is 17.1 Å². The van der Waals surface area contributed by atoms with Crippen LogP contribution in [-0.4, -0.2) is 17.1 Å². The van der Waals surface area contributed by atoms with Crippen LogP contribution in [0.5, 0.6) is 17.2 Å². The van der Waals surface area contributed by atoms with Crippen LogP contribution < -0.4 is 15.0 Å². The molecule has 0 spiro atoms. The Morgan fingerprint density at radius 2 is 1.59 bits per heavy atom. The van der Waals surface area contributed by atoms with Gasteiger partial charge in [-0.2, -0.15) is 5.26 Å². The Kier molecular flexibility index (Phi) is 6.54. The zero-order chi connectivity index (χ0) is 22.3. The van der Waals surface area contributed by atoms with Gasteiger partial charge in [0.05, 0.1) is 12.8 Å². The lowest BCUT2D eigenvalue weighted by Gasteiger charge is -2.09. The number of benzene rings is 3. The first kappa shape index (κ1) is 21.2. The maximum Gasteiger partial charge on any atom is 0.270 e. The highest BCUT2D eigenvalue weighted by molar-refractivity contribution is 7.98. The van der Waals surface area contributed by atoms with Crippen molar-refractivity contribution in [1.29, 1.82) is 5.26 Å². The Bertz CT molecular complexity index is 1300. The second-order valence-electron chi connectivity index (χ2n) is 6.78. The van der Waals surface area contributed by atoms with Crippen LogP contribution in [0.15, 0.2) is 88.8 Å². The van der Waals surface area contributed by atoms with Gasteiger partial charge in [0.1, 0.15) is 28.9 Å². The molecule has 0 aliphatic heterocycles. The molecule has 0 radical (unpaired) electrons. The van der Waals surface area contributed by atoms with Gasteiger partial charge in [0.15, 0.2) is 5.16 Å². The van der Waals surface area contributed by atoms with Gasteiger partial charge in [-0.05, 0) is 54.1 Å². The standard InChI is InChI=1S/C25H19N3O3S/c1-30-19-11-7-17(8-12-19)16-32-25-27-23(22(15-26)24(29)28-25)18-9-13-21(14-10-18)31-20-5-3-2-4-6-20/h2-14H,16H2,1H3,(H,27,28,29). The van der Waals surface area contributed by atoms with Crippen LogP contribution in [0.3, 0.4) is 0 Å². The molecule has 1 N–H and O–H groups in total. The van der Waals surface area contributed by atoms with Crippen LogP contribution in [0.2, 0.25) is 0 Å². The fourth-order valence-corrected chi connectivity index (χ4v) is 3.83. The monoisotopic (exact) mass is 441 g/mol. The van der Waals surface area contributed by atoms with Crippen LogP contribution in [0, 0.1) is 11.3 Å². The van der Waals surface area contributed by atoms with E-state index in [0.29, 0.717) is 27.9 Å². The fourth-order valence-electron chi connectivity index (χ4n) is 3.01. The molecule has 0 aliphatic carbocycles. The number of nitriles is 1. The first-order valence-electron chi connectivity index (χ1n) is 9.80. The van der Waals surface area contributed by atoms with Crippen molar-refractivity contribution in [2.75, 3.05) is 7.11 Å². The van der Waals surface area contributed by atoms with Crippen molar-refractivity contribution >= 4 is 11.8 Å². The summed E-state index contributed by atoms with van der Waals surface area (Å²) in [6.07, 6.45) is 0. The lowest BCUT2D eigenvalue weighted by Crippen LogP contribution is -2.14. The predicted octanol–water partition coefficient (Wildman–Crippen LogP) is 5.40. The molecule has 7 heteroatoms. The second-order valence-corrected chi connectivity index (χ2v) is 7.75. The lowest BCUT2D eigenvalue weighted by molar-refractivity contribution is 0.414. The third-order valence-corrected chi connectivity index (χ3v) is 5.60. The predicted molar refractivity (Wildman–Crippen MR) is 124 cm³/mol. The quantitative estimate of drug-likeness (QED) is 0.305. The molecular formula is C25H19N3O3S. The first-order chi connectivity index (χ1) is 15.7. The summed E-state index contributed by atoms with van der Waals surface area (Å²) >= 11 is 1.39. The number of ether oxygens (including phenoxy) is 2. The van der Waals surface area contributed by atoms with Gasteiger partial charge in [0.25, 0.3) is 5.56 Å².